The van der Waals surface area contributed by atoms with Crippen LogP contribution in [0.1, 0.15) is 16.2 Å². The van der Waals surface area contributed by atoms with Gasteiger partial charge in [-0.1, -0.05) is 0 Å². The fourth-order valence-corrected chi connectivity index (χ4v) is 1.84. The molecule has 0 aliphatic heterocycles. The van der Waals surface area contributed by atoms with Crippen LogP contribution in [0.5, 0.6) is 0 Å². The van der Waals surface area contributed by atoms with E-state index in [1.165, 1.54) is 6.33 Å². The van der Waals surface area contributed by atoms with Gasteiger partial charge in [-0.25, -0.2) is 9.67 Å². The van der Waals surface area contributed by atoms with Crippen LogP contribution in [0.25, 0.3) is 5.69 Å². The molecule has 2 heterocycles. The zero-order chi connectivity index (χ0) is 14.8. The van der Waals surface area contributed by atoms with Crippen LogP contribution >= 0.6 is 0 Å². The van der Waals surface area contributed by atoms with Gasteiger partial charge in [0.1, 0.15) is 12.7 Å². The Labute approximate surface area is 120 Å². The second-order valence-corrected chi connectivity index (χ2v) is 4.45. The summed E-state index contributed by atoms with van der Waals surface area (Å²) < 4.78 is 1.63. The highest BCUT2D eigenvalue weighted by molar-refractivity contribution is 6.06. The van der Waals surface area contributed by atoms with Crippen LogP contribution in [-0.2, 0) is 0 Å². The number of hydrogen-bond donors (Lipinski definition) is 3. The number of aryl methyl sites for hydroxylation is 1. The SMILES string of the molecule is Cc1[nH]nc(C(=O)Nc2ccc(-n3cncn3)cc2)c1N. The molecule has 0 radical (unpaired) electrons. The lowest BCUT2D eigenvalue weighted by Crippen LogP contribution is -2.14. The summed E-state index contributed by atoms with van der Waals surface area (Å²) in [4.78, 5) is 15.9. The van der Waals surface area contributed by atoms with Crippen molar-refractivity contribution in [2.24, 2.45) is 0 Å². The largest absolute Gasteiger partial charge is 0.395 e. The summed E-state index contributed by atoms with van der Waals surface area (Å²) >= 11 is 0. The van der Waals surface area contributed by atoms with Crippen LogP contribution in [0.4, 0.5) is 11.4 Å². The van der Waals surface area contributed by atoms with Crippen molar-refractivity contribution in [3.8, 4) is 5.69 Å². The highest BCUT2D eigenvalue weighted by atomic mass is 16.2. The van der Waals surface area contributed by atoms with Crippen LogP contribution in [0.2, 0.25) is 0 Å². The Hall–Kier alpha value is -3.16. The third kappa shape index (κ3) is 2.46. The summed E-state index contributed by atoms with van der Waals surface area (Å²) in [6, 6.07) is 7.18. The zero-order valence-corrected chi connectivity index (χ0v) is 11.2. The smallest absolute Gasteiger partial charge is 0.278 e. The van der Waals surface area contributed by atoms with E-state index in [0.717, 1.165) is 5.69 Å². The second kappa shape index (κ2) is 5.08. The first-order valence-electron chi connectivity index (χ1n) is 6.22. The van der Waals surface area contributed by atoms with Crippen LogP contribution < -0.4 is 11.1 Å². The number of nitrogen functional groups attached to an aromatic ring is 1. The standard InChI is InChI=1S/C13H13N7O/c1-8-11(14)12(19-18-8)13(21)17-9-2-4-10(5-3-9)20-7-15-6-16-20/h2-7H,14H2,1H3,(H,17,21)(H,18,19). The van der Waals surface area contributed by atoms with Gasteiger partial charge in [-0.2, -0.15) is 10.2 Å². The van der Waals surface area contributed by atoms with Crippen molar-refractivity contribution in [2.75, 3.05) is 11.1 Å². The Bertz CT molecular complexity index is 758. The van der Waals surface area contributed by atoms with Crippen molar-refractivity contribution < 1.29 is 4.79 Å². The Morgan fingerprint density at radius 3 is 2.67 bits per heavy atom. The number of rotatable bonds is 3. The number of H-pyrrole nitrogens is 1. The maximum absolute atomic E-state index is 12.1. The maximum Gasteiger partial charge on any atom is 0.278 e. The number of carbonyl (C=O) groups excluding carboxylic acids is 1. The van der Waals surface area contributed by atoms with E-state index < -0.39 is 0 Å². The highest BCUT2D eigenvalue weighted by Gasteiger charge is 2.15. The summed E-state index contributed by atoms with van der Waals surface area (Å²) in [6.07, 6.45) is 3.05. The number of hydrogen-bond acceptors (Lipinski definition) is 5. The molecule has 3 rings (SSSR count). The highest BCUT2D eigenvalue weighted by Crippen LogP contribution is 2.16. The van der Waals surface area contributed by atoms with Crippen LogP contribution in [0, 0.1) is 6.92 Å². The molecular weight excluding hydrogens is 270 g/mol. The molecule has 0 spiro atoms. The number of benzene rings is 1. The summed E-state index contributed by atoms with van der Waals surface area (Å²) in [7, 11) is 0. The minimum atomic E-state index is -0.356. The lowest BCUT2D eigenvalue weighted by molar-refractivity contribution is 0.102. The van der Waals surface area contributed by atoms with Crippen molar-refractivity contribution in [1.82, 2.24) is 25.0 Å². The van der Waals surface area contributed by atoms with Crippen LogP contribution in [-0.4, -0.2) is 30.9 Å². The average Bonchev–Trinajstić information content (AvgIpc) is 3.11. The first-order chi connectivity index (χ1) is 10.1. The molecule has 0 atom stereocenters. The van der Waals surface area contributed by atoms with E-state index in [1.54, 1.807) is 30.1 Å². The molecule has 1 amide bonds. The predicted octanol–water partition coefficient (Wildman–Crippen LogP) is 1.13. The molecule has 2 aromatic heterocycles. The van der Waals surface area contributed by atoms with Gasteiger partial charge in [0.15, 0.2) is 5.69 Å². The molecule has 0 saturated heterocycles. The molecule has 4 N–H and O–H groups in total. The van der Waals surface area contributed by atoms with Gasteiger partial charge in [0, 0.05) is 5.69 Å². The fraction of sp³-hybridized carbons (Fsp3) is 0.0769. The lowest BCUT2D eigenvalue weighted by Gasteiger charge is -2.05. The number of aromatic amines is 1. The Morgan fingerprint density at radius 1 is 1.33 bits per heavy atom. The van der Waals surface area contributed by atoms with Crippen LogP contribution in [0.3, 0.4) is 0 Å². The normalized spacial score (nSPS) is 10.5. The number of nitrogens with one attached hydrogen (secondary N) is 2. The van der Waals surface area contributed by atoms with Gasteiger partial charge >= 0.3 is 0 Å². The minimum absolute atomic E-state index is 0.188. The van der Waals surface area contributed by atoms with Gasteiger partial charge in [0.05, 0.1) is 17.1 Å². The van der Waals surface area contributed by atoms with Gasteiger partial charge in [0.25, 0.3) is 5.91 Å². The molecular formula is C13H13N7O. The van der Waals surface area contributed by atoms with Gasteiger partial charge in [-0.05, 0) is 31.2 Å². The van der Waals surface area contributed by atoms with Crippen molar-refractivity contribution in [2.45, 2.75) is 6.92 Å². The van der Waals surface area contributed by atoms with Crippen molar-refractivity contribution in [3.05, 3.63) is 48.3 Å². The van der Waals surface area contributed by atoms with Gasteiger partial charge in [-0.3, -0.25) is 9.89 Å². The zero-order valence-electron chi connectivity index (χ0n) is 11.2. The molecule has 0 bridgehead atoms. The van der Waals surface area contributed by atoms with E-state index in [4.69, 9.17) is 5.73 Å². The molecule has 0 unspecified atom stereocenters. The maximum atomic E-state index is 12.1. The van der Waals surface area contributed by atoms with E-state index in [-0.39, 0.29) is 11.6 Å². The van der Waals surface area contributed by atoms with E-state index in [0.29, 0.717) is 17.1 Å². The fourth-order valence-electron chi connectivity index (χ4n) is 1.84. The molecule has 8 nitrogen and oxygen atoms in total. The predicted molar refractivity (Wildman–Crippen MR) is 77.0 cm³/mol. The number of nitrogens with zero attached hydrogens (tertiary/aromatic N) is 4. The molecule has 106 valence electrons. The molecule has 0 aliphatic rings. The van der Waals surface area contributed by atoms with Crippen molar-refractivity contribution in [1.29, 1.82) is 0 Å². The number of amides is 1. The average molecular weight is 283 g/mol. The topological polar surface area (TPSA) is 115 Å². The summed E-state index contributed by atoms with van der Waals surface area (Å²) in [5, 5.41) is 13.3. The molecule has 8 heteroatoms. The number of aromatic nitrogens is 5. The second-order valence-electron chi connectivity index (χ2n) is 4.45. The minimum Gasteiger partial charge on any atom is -0.395 e. The summed E-state index contributed by atoms with van der Waals surface area (Å²) in [6.45, 7) is 1.76. The van der Waals surface area contributed by atoms with Crippen LogP contribution in [0.15, 0.2) is 36.9 Å². The number of anilines is 2. The lowest BCUT2D eigenvalue weighted by atomic mass is 10.2. The van der Waals surface area contributed by atoms with Crippen molar-refractivity contribution >= 4 is 17.3 Å². The number of nitrogens with two attached hydrogens (primary N) is 1. The van der Waals surface area contributed by atoms with E-state index in [2.05, 4.69) is 25.6 Å². The molecule has 0 aliphatic carbocycles. The summed E-state index contributed by atoms with van der Waals surface area (Å²) in [5.41, 5.74) is 8.47. The van der Waals surface area contributed by atoms with Gasteiger partial charge in [-0.15, -0.1) is 0 Å². The summed E-state index contributed by atoms with van der Waals surface area (Å²) in [5.74, 6) is -0.356. The number of carbonyl (C=O) groups is 1. The van der Waals surface area contributed by atoms with Gasteiger partial charge < -0.3 is 11.1 Å². The Morgan fingerprint density at radius 2 is 2.10 bits per heavy atom. The third-order valence-corrected chi connectivity index (χ3v) is 3.02. The van der Waals surface area contributed by atoms with Gasteiger partial charge in [0.2, 0.25) is 0 Å². The van der Waals surface area contributed by atoms with Crippen molar-refractivity contribution in [3.63, 3.8) is 0 Å². The molecule has 0 saturated carbocycles. The van der Waals surface area contributed by atoms with E-state index >= 15 is 0 Å². The monoisotopic (exact) mass is 283 g/mol. The Kier molecular flexibility index (Phi) is 3.11. The molecule has 3 aromatic rings. The first-order valence-corrected chi connectivity index (χ1v) is 6.22. The van der Waals surface area contributed by atoms with E-state index in [1.807, 2.05) is 12.1 Å². The molecule has 21 heavy (non-hydrogen) atoms. The van der Waals surface area contributed by atoms with E-state index in [9.17, 15) is 4.79 Å². The molecule has 1 aromatic carbocycles. The quantitative estimate of drug-likeness (QED) is 0.666. The first kappa shape index (κ1) is 12.9. The third-order valence-electron chi connectivity index (χ3n) is 3.02. The Balaban J connectivity index is 1.76. The molecule has 0 fully saturated rings.